The van der Waals surface area contributed by atoms with Crippen LogP contribution in [0.4, 0.5) is 0 Å². The van der Waals surface area contributed by atoms with Crippen LogP contribution >= 0.6 is 11.3 Å². The number of carbonyl (C=O) groups is 2. The molecule has 2 aromatic heterocycles. The largest absolute Gasteiger partial charge is 0.354 e. The molecule has 0 radical (unpaired) electrons. The van der Waals surface area contributed by atoms with E-state index in [1.54, 1.807) is 17.5 Å². The molecule has 0 aliphatic rings. The Bertz CT molecular complexity index is 1190. The minimum absolute atomic E-state index is 0.0207. The predicted octanol–water partition coefficient (Wildman–Crippen LogP) is 1.47. The summed E-state index contributed by atoms with van der Waals surface area (Å²) in [6.07, 6.45) is 2.39. The zero-order valence-corrected chi connectivity index (χ0v) is 19.9. The number of nitrogens with two attached hydrogens (primary N) is 1. The van der Waals surface area contributed by atoms with Crippen molar-refractivity contribution in [1.82, 2.24) is 25.6 Å². The highest BCUT2D eigenvalue weighted by molar-refractivity contribution is 7.89. The molecule has 0 fully saturated rings. The molecule has 10 nitrogen and oxygen atoms in total. The van der Waals surface area contributed by atoms with E-state index in [-0.39, 0.29) is 28.8 Å². The maximum Gasteiger partial charge on any atom is 0.251 e. The number of rotatable bonds is 10. The summed E-state index contributed by atoms with van der Waals surface area (Å²) in [6, 6.07) is 6.79. The first-order valence-electron chi connectivity index (χ1n) is 10.3. The molecule has 0 saturated carbocycles. The van der Waals surface area contributed by atoms with E-state index in [1.807, 2.05) is 25.3 Å². The Morgan fingerprint density at radius 3 is 2.48 bits per heavy atom. The molecule has 0 aliphatic heterocycles. The summed E-state index contributed by atoms with van der Waals surface area (Å²) in [7, 11) is -3.82. The third-order valence-corrected chi connectivity index (χ3v) is 6.57. The van der Waals surface area contributed by atoms with Crippen LogP contribution in [0, 0.1) is 5.92 Å². The fourth-order valence-corrected chi connectivity index (χ4v) is 4.42. The highest BCUT2D eigenvalue weighted by Gasteiger charge is 2.25. The number of benzene rings is 1. The van der Waals surface area contributed by atoms with Gasteiger partial charge in [-0.05, 0) is 59.0 Å². The Labute approximate surface area is 196 Å². The molecule has 1 atom stereocenters. The van der Waals surface area contributed by atoms with Gasteiger partial charge in [0.05, 0.1) is 17.6 Å². The van der Waals surface area contributed by atoms with E-state index >= 15 is 0 Å². The molecule has 2 amide bonds. The topological polar surface area (TPSA) is 149 Å². The van der Waals surface area contributed by atoms with Gasteiger partial charge in [-0.25, -0.2) is 18.2 Å². The molecule has 3 aromatic rings. The molecule has 1 aromatic carbocycles. The molecule has 0 bridgehead atoms. The van der Waals surface area contributed by atoms with Crippen LogP contribution in [-0.4, -0.2) is 41.8 Å². The second kappa shape index (κ2) is 10.7. The van der Waals surface area contributed by atoms with Crippen LogP contribution in [-0.2, 0) is 27.8 Å². The van der Waals surface area contributed by atoms with Gasteiger partial charge in [0, 0.05) is 12.1 Å². The fraction of sp³-hybridized carbons (Fsp3) is 0.333. The third kappa shape index (κ3) is 6.70. The molecule has 12 heteroatoms. The number of aromatic nitrogens is 3. The molecule has 0 saturated heterocycles. The molecule has 3 rings (SSSR count). The second-order valence-corrected chi connectivity index (χ2v) is 10.1. The SMILES string of the molecule is CC(C)C(C(=O)NCCc1ccsc1)n1cc(CNC(=O)c2ccc(S(N)(=O)=O)cc2)nn1. The van der Waals surface area contributed by atoms with Crippen LogP contribution in [0.3, 0.4) is 0 Å². The Morgan fingerprint density at radius 1 is 1.15 bits per heavy atom. The number of nitrogens with zero attached hydrogens (tertiary/aromatic N) is 3. The molecular weight excluding hydrogens is 464 g/mol. The average Bonchev–Trinajstić information content (AvgIpc) is 3.44. The van der Waals surface area contributed by atoms with Crippen molar-refractivity contribution >= 4 is 33.2 Å². The zero-order chi connectivity index (χ0) is 24.0. The van der Waals surface area contributed by atoms with E-state index in [2.05, 4.69) is 26.3 Å². The second-order valence-electron chi connectivity index (χ2n) is 7.80. The Kier molecular flexibility index (Phi) is 7.95. The number of primary sulfonamides is 1. The molecule has 0 aliphatic carbocycles. The fourth-order valence-electron chi connectivity index (χ4n) is 3.20. The summed E-state index contributed by atoms with van der Waals surface area (Å²) < 4.78 is 24.1. The molecule has 4 N–H and O–H groups in total. The van der Waals surface area contributed by atoms with E-state index in [4.69, 9.17) is 5.14 Å². The van der Waals surface area contributed by atoms with E-state index in [0.29, 0.717) is 12.2 Å². The standard InChI is InChI=1S/C21H26N6O4S2/c1-14(2)19(21(29)23-9-7-15-8-10-32-13-15)27-12-17(25-26-27)11-24-20(28)16-3-5-18(6-4-16)33(22,30)31/h3-6,8,10,12-14,19H,7,9,11H2,1-2H3,(H,23,29)(H,24,28)(H2,22,30,31). The van der Waals surface area contributed by atoms with Crippen molar-refractivity contribution < 1.29 is 18.0 Å². The highest BCUT2D eigenvalue weighted by Crippen LogP contribution is 2.17. The van der Waals surface area contributed by atoms with Gasteiger partial charge in [0.15, 0.2) is 0 Å². The van der Waals surface area contributed by atoms with Gasteiger partial charge in [-0.1, -0.05) is 19.1 Å². The van der Waals surface area contributed by atoms with Crippen molar-refractivity contribution in [2.45, 2.75) is 37.8 Å². The Morgan fingerprint density at radius 2 is 1.88 bits per heavy atom. The average molecular weight is 491 g/mol. The third-order valence-electron chi connectivity index (χ3n) is 4.91. The summed E-state index contributed by atoms with van der Waals surface area (Å²) in [4.78, 5) is 25.0. The van der Waals surface area contributed by atoms with Crippen molar-refractivity contribution in [3.63, 3.8) is 0 Å². The molecular formula is C21H26N6O4S2. The van der Waals surface area contributed by atoms with Crippen molar-refractivity contribution in [3.05, 3.63) is 64.1 Å². The van der Waals surface area contributed by atoms with E-state index < -0.39 is 22.0 Å². The van der Waals surface area contributed by atoms with Crippen LogP contribution in [0.1, 0.15) is 41.5 Å². The molecule has 176 valence electrons. The van der Waals surface area contributed by atoms with Crippen molar-refractivity contribution in [2.75, 3.05) is 6.54 Å². The van der Waals surface area contributed by atoms with E-state index in [1.165, 1.54) is 34.5 Å². The van der Waals surface area contributed by atoms with Gasteiger partial charge in [-0.2, -0.15) is 11.3 Å². The summed E-state index contributed by atoms with van der Waals surface area (Å²) in [5.74, 6) is -0.569. The number of amides is 2. The van der Waals surface area contributed by atoms with Crippen LogP contribution in [0.2, 0.25) is 0 Å². The van der Waals surface area contributed by atoms with Gasteiger partial charge in [-0.3, -0.25) is 9.59 Å². The zero-order valence-electron chi connectivity index (χ0n) is 18.3. The lowest BCUT2D eigenvalue weighted by Gasteiger charge is -2.20. The summed E-state index contributed by atoms with van der Waals surface area (Å²) in [6.45, 7) is 4.48. The van der Waals surface area contributed by atoms with E-state index in [9.17, 15) is 18.0 Å². The lowest BCUT2D eigenvalue weighted by molar-refractivity contribution is -0.125. The highest BCUT2D eigenvalue weighted by atomic mass is 32.2. The predicted molar refractivity (Wildman–Crippen MR) is 124 cm³/mol. The molecule has 2 heterocycles. The van der Waals surface area contributed by atoms with Gasteiger partial charge >= 0.3 is 0 Å². The summed E-state index contributed by atoms with van der Waals surface area (Å²) >= 11 is 1.62. The van der Waals surface area contributed by atoms with Crippen LogP contribution < -0.4 is 15.8 Å². The number of hydrogen-bond donors (Lipinski definition) is 3. The molecule has 1 unspecified atom stereocenters. The van der Waals surface area contributed by atoms with Gasteiger partial charge in [0.25, 0.3) is 5.91 Å². The smallest absolute Gasteiger partial charge is 0.251 e. The van der Waals surface area contributed by atoms with E-state index in [0.717, 1.165) is 6.42 Å². The lowest BCUT2D eigenvalue weighted by atomic mass is 10.0. The first-order valence-corrected chi connectivity index (χ1v) is 12.7. The van der Waals surface area contributed by atoms with Gasteiger partial charge < -0.3 is 10.6 Å². The first kappa shape index (κ1) is 24.6. The van der Waals surface area contributed by atoms with Gasteiger partial charge in [0.2, 0.25) is 15.9 Å². The Hall–Kier alpha value is -3.09. The Balaban J connectivity index is 1.57. The lowest BCUT2D eigenvalue weighted by Crippen LogP contribution is -2.36. The summed E-state index contributed by atoms with van der Waals surface area (Å²) in [5.41, 5.74) is 1.94. The van der Waals surface area contributed by atoms with Gasteiger partial charge in [0.1, 0.15) is 11.7 Å². The van der Waals surface area contributed by atoms with Crippen molar-refractivity contribution in [1.29, 1.82) is 0 Å². The number of sulfonamides is 1. The number of nitrogens with one attached hydrogen (secondary N) is 2. The maximum atomic E-state index is 12.8. The number of hydrogen-bond acceptors (Lipinski definition) is 7. The quantitative estimate of drug-likeness (QED) is 0.392. The van der Waals surface area contributed by atoms with Crippen LogP contribution in [0.15, 0.2) is 52.2 Å². The van der Waals surface area contributed by atoms with Crippen LogP contribution in [0.5, 0.6) is 0 Å². The number of carbonyl (C=O) groups excluding carboxylic acids is 2. The molecule has 33 heavy (non-hydrogen) atoms. The monoisotopic (exact) mass is 490 g/mol. The van der Waals surface area contributed by atoms with Crippen molar-refractivity contribution in [3.8, 4) is 0 Å². The molecule has 0 spiro atoms. The normalized spacial score (nSPS) is 12.5. The minimum Gasteiger partial charge on any atom is -0.354 e. The minimum atomic E-state index is -3.82. The van der Waals surface area contributed by atoms with Gasteiger partial charge in [-0.15, -0.1) is 5.10 Å². The van der Waals surface area contributed by atoms with Crippen molar-refractivity contribution in [2.24, 2.45) is 11.1 Å². The first-order chi connectivity index (χ1) is 15.6. The maximum absolute atomic E-state index is 12.8. The van der Waals surface area contributed by atoms with Crippen LogP contribution in [0.25, 0.3) is 0 Å². The summed E-state index contributed by atoms with van der Waals surface area (Å²) in [5, 5.41) is 22.9. The number of thiophene rings is 1.